The quantitative estimate of drug-likeness (QED) is 0.803. The van der Waals surface area contributed by atoms with Gasteiger partial charge >= 0.3 is 0 Å². The molecule has 0 saturated heterocycles. The highest BCUT2D eigenvalue weighted by Crippen LogP contribution is 2.28. The van der Waals surface area contributed by atoms with Crippen molar-refractivity contribution in [3.63, 3.8) is 0 Å². The summed E-state index contributed by atoms with van der Waals surface area (Å²) in [4.78, 5) is 2.16. The number of nitrogens with one attached hydrogen (secondary N) is 1. The summed E-state index contributed by atoms with van der Waals surface area (Å²) in [5, 5.41) is 3.30. The second-order valence-electron chi connectivity index (χ2n) is 5.56. The van der Waals surface area contributed by atoms with E-state index >= 15 is 0 Å². The lowest BCUT2D eigenvalue weighted by molar-refractivity contribution is 0.537. The third kappa shape index (κ3) is 4.50. The monoisotopic (exact) mass is 266 g/mol. The second kappa shape index (κ2) is 7.49. The van der Waals surface area contributed by atoms with Gasteiger partial charge in [0, 0.05) is 30.9 Å². The fourth-order valence-electron chi connectivity index (χ4n) is 2.27. The van der Waals surface area contributed by atoms with Crippen molar-refractivity contribution < 1.29 is 4.39 Å². The van der Waals surface area contributed by atoms with Crippen molar-refractivity contribution in [2.45, 2.75) is 40.2 Å². The molecule has 0 fully saturated rings. The van der Waals surface area contributed by atoms with E-state index < -0.39 is 0 Å². The van der Waals surface area contributed by atoms with Crippen LogP contribution >= 0.6 is 0 Å². The summed E-state index contributed by atoms with van der Waals surface area (Å²) in [6, 6.07) is 5.37. The Labute approximate surface area is 117 Å². The Kier molecular flexibility index (Phi) is 6.29. The molecule has 2 nitrogen and oxygen atoms in total. The SMILES string of the molecule is CCNC(C)c1c(F)cccc1N(C)CCC(C)C. The van der Waals surface area contributed by atoms with E-state index in [1.54, 1.807) is 12.1 Å². The van der Waals surface area contributed by atoms with Crippen LogP contribution in [0.1, 0.15) is 45.7 Å². The molecule has 1 aromatic carbocycles. The van der Waals surface area contributed by atoms with E-state index in [4.69, 9.17) is 0 Å². The molecule has 0 aromatic heterocycles. The summed E-state index contributed by atoms with van der Waals surface area (Å²) in [5.41, 5.74) is 1.77. The first kappa shape index (κ1) is 16.0. The molecule has 0 heterocycles. The van der Waals surface area contributed by atoms with E-state index in [1.165, 1.54) is 0 Å². The molecule has 0 radical (unpaired) electrons. The van der Waals surface area contributed by atoms with Gasteiger partial charge < -0.3 is 10.2 Å². The highest BCUT2D eigenvalue weighted by Gasteiger charge is 2.17. The van der Waals surface area contributed by atoms with Crippen molar-refractivity contribution in [3.8, 4) is 0 Å². The molecule has 19 heavy (non-hydrogen) atoms. The molecule has 0 saturated carbocycles. The maximum atomic E-state index is 14.1. The Morgan fingerprint density at radius 2 is 1.95 bits per heavy atom. The Bertz CT molecular complexity index is 390. The van der Waals surface area contributed by atoms with Crippen LogP contribution < -0.4 is 10.2 Å². The summed E-state index contributed by atoms with van der Waals surface area (Å²) in [5.74, 6) is 0.535. The molecular weight excluding hydrogens is 239 g/mol. The van der Waals surface area contributed by atoms with Crippen molar-refractivity contribution in [1.29, 1.82) is 0 Å². The van der Waals surface area contributed by atoms with Gasteiger partial charge in [-0.25, -0.2) is 4.39 Å². The first-order valence-corrected chi connectivity index (χ1v) is 7.20. The molecule has 0 amide bonds. The second-order valence-corrected chi connectivity index (χ2v) is 5.56. The summed E-state index contributed by atoms with van der Waals surface area (Å²) in [6.07, 6.45) is 1.11. The molecule has 0 aliphatic carbocycles. The zero-order chi connectivity index (χ0) is 14.4. The Hall–Kier alpha value is -1.09. The molecule has 1 rings (SSSR count). The van der Waals surface area contributed by atoms with E-state index in [9.17, 15) is 4.39 Å². The van der Waals surface area contributed by atoms with Gasteiger partial charge in [-0.3, -0.25) is 0 Å². The third-order valence-electron chi connectivity index (χ3n) is 3.43. The molecule has 108 valence electrons. The zero-order valence-electron chi connectivity index (χ0n) is 12.8. The van der Waals surface area contributed by atoms with Crippen molar-refractivity contribution in [3.05, 3.63) is 29.6 Å². The largest absolute Gasteiger partial charge is 0.374 e. The number of nitrogens with zero attached hydrogens (tertiary/aromatic N) is 1. The average Bonchev–Trinajstić information content (AvgIpc) is 2.35. The minimum absolute atomic E-state index is 0.0303. The maximum Gasteiger partial charge on any atom is 0.130 e. The fraction of sp³-hybridized carbons (Fsp3) is 0.625. The van der Waals surface area contributed by atoms with Crippen molar-refractivity contribution in [2.24, 2.45) is 5.92 Å². The van der Waals surface area contributed by atoms with Gasteiger partial charge in [0.2, 0.25) is 0 Å². The first-order chi connectivity index (χ1) is 8.97. The molecular formula is C16H27FN2. The highest BCUT2D eigenvalue weighted by molar-refractivity contribution is 5.55. The molecule has 0 bridgehead atoms. The molecule has 0 spiro atoms. The van der Waals surface area contributed by atoms with E-state index in [1.807, 2.05) is 27.0 Å². The maximum absolute atomic E-state index is 14.1. The predicted molar refractivity (Wildman–Crippen MR) is 81.2 cm³/mol. The van der Waals surface area contributed by atoms with E-state index in [0.717, 1.165) is 30.8 Å². The van der Waals surface area contributed by atoms with Gasteiger partial charge in [-0.05, 0) is 37.9 Å². The number of benzene rings is 1. The molecule has 1 aromatic rings. The lowest BCUT2D eigenvalue weighted by atomic mass is 10.0. The standard InChI is InChI=1S/C16H27FN2/c1-6-18-13(4)16-14(17)8-7-9-15(16)19(5)11-10-12(2)3/h7-9,12-13,18H,6,10-11H2,1-5H3. The number of anilines is 1. The smallest absolute Gasteiger partial charge is 0.130 e. The van der Waals surface area contributed by atoms with E-state index in [2.05, 4.69) is 24.1 Å². The van der Waals surface area contributed by atoms with Gasteiger partial charge in [0.25, 0.3) is 0 Å². The topological polar surface area (TPSA) is 15.3 Å². The van der Waals surface area contributed by atoms with Crippen LogP contribution in [0.2, 0.25) is 0 Å². The number of hydrogen-bond donors (Lipinski definition) is 1. The van der Waals surface area contributed by atoms with Crippen LogP contribution in [0.15, 0.2) is 18.2 Å². The lowest BCUT2D eigenvalue weighted by Gasteiger charge is -2.26. The molecule has 0 aliphatic rings. The van der Waals surface area contributed by atoms with Crippen LogP contribution in [-0.4, -0.2) is 20.1 Å². The van der Waals surface area contributed by atoms with Gasteiger partial charge in [-0.15, -0.1) is 0 Å². The Morgan fingerprint density at radius 1 is 1.26 bits per heavy atom. The van der Waals surface area contributed by atoms with E-state index in [0.29, 0.717) is 5.92 Å². The average molecular weight is 266 g/mol. The van der Waals surface area contributed by atoms with Crippen molar-refractivity contribution >= 4 is 5.69 Å². The number of halogens is 1. The molecule has 0 aliphatic heterocycles. The van der Waals surface area contributed by atoms with Crippen molar-refractivity contribution in [1.82, 2.24) is 5.32 Å². The van der Waals surface area contributed by atoms with Crippen LogP contribution in [0.4, 0.5) is 10.1 Å². The van der Waals surface area contributed by atoms with Gasteiger partial charge in [0.1, 0.15) is 5.82 Å². The van der Waals surface area contributed by atoms with Gasteiger partial charge in [-0.2, -0.15) is 0 Å². The van der Waals surface area contributed by atoms with Gasteiger partial charge in [-0.1, -0.05) is 26.8 Å². The zero-order valence-corrected chi connectivity index (χ0v) is 12.8. The predicted octanol–water partition coefficient (Wildman–Crippen LogP) is 3.98. The van der Waals surface area contributed by atoms with Crippen LogP contribution in [0.3, 0.4) is 0 Å². The highest BCUT2D eigenvalue weighted by atomic mass is 19.1. The number of rotatable bonds is 7. The van der Waals surface area contributed by atoms with Crippen LogP contribution in [0, 0.1) is 11.7 Å². The summed E-state index contributed by atoms with van der Waals surface area (Å²) in [7, 11) is 2.04. The van der Waals surface area contributed by atoms with Crippen LogP contribution in [0.25, 0.3) is 0 Å². The van der Waals surface area contributed by atoms with E-state index in [-0.39, 0.29) is 11.9 Å². The normalized spacial score (nSPS) is 12.8. The fourth-order valence-corrected chi connectivity index (χ4v) is 2.27. The minimum Gasteiger partial charge on any atom is -0.374 e. The molecule has 1 atom stereocenters. The molecule has 1 N–H and O–H groups in total. The summed E-state index contributed by atoms with van der Waals surface area (Å²) in [6.45, 7) is 10.3. The van der Waals surface area contributed by atoms with Crippen LogP contribution in [0.5, 0.6) is 0 Å². The number of hydrogen-bond acceptors (Lipinski definition) is 2. The first-order valence-electron chi connectivity index (χ1n) is 7.20. The Morgan fingerprint density at radius 3 is 2.53 bits per heavy atom. The summed E-state index contributed by atoms with van der Waals surface area (Å²) < 4.78 is 14.1. The van der Waals surface area contributed by atoms with Crippen molar-refractivity contribution in [2.75, 3.05) is 25.0 Å². The molecule has 1 unspecified atom stereocenters. The Balaban J connectivity index is 2.96. The lowest BCUT2D eigenvalue weighted by Crippen LogP contribution is -2.25. The van der Waals surface area contributed by atoms with Gasteiger partial charge in [0.15, 0.2) is 0 Å². The van der Waals surface area contributed by atoms with Crippen LogP contribution in [-0.2, 0) is 0 Å². The summed E-state index contributed by atoms with van der Waals surface area (Å²) >= 11 is 0. The molecule has 3 heteroatoms. The minimum atomic E-state index is -0.123. The third-order valence-corrected chi connectivity index (χ3v) is 3.43. The van der Waals surface area contributed by atoms with Gasteiger partial charge in [0.05, 0.1) is 0 Å².